The minimum Gasteiger partial charge on any atom is -0.341 e. The van der Waals surface area contributed by atoms with E-state index in [1.165, 1.54) is 0 Å². The molecule has 1 aromatic heterocycles. The molecular weight excluding hydrogens is 340 g/mol. The van der Waals surface area contributed by atoms with E-state index in [9.17, 15) is 13.2 Å². The molecule has 7 nitrogen and oxygen atoms in total. The van der Waals surface area contributed by atoms with E-state index in [0.29, 0.717) is 32.5 Å². The smallest absolute Gasteiger partial charge is 0.224 e. The Kier molecular flexibility index (Phi) is 5.78. The molecule has 2 heterocycles. The van der Waals surface area contributed by atoms with Crippen molar-refractivity contribution in [2.75, 3.05) is 13.1 Å². The maximum absolute atomic E-state index is 12.6. The van der Waals surface area contributed by atoms with E-state index in [1.54, 1.807) is 15.8 Å². The van der Waals surface area contributed by atoms with Crippen molar-refractivity contribution in [3.63, 3.8) is 0 Å². The molecule has 0 aromatic carbocycles. The molecule has 1 unspecified atom stereocenters. The fourth-order valence-corrected chi connectivity index (χ4v) is 5.49. The number of hydrogen-bond acceptors (Lipinski definition) is 4. The number of rotatable bonds is 6. The van der Waals surface area contributed by atoms with Gasteiger partial charge in [0.15, 0.2) is 0 Å². The fraction of sp³-hybridized carbons (Fsp3) is 0.765. The Bertz CT molecular complexity index is 695. The Labute approximate surface area is 149 Å². The lowest BCUT2D eigenvalue weighted by Gasteiger charge is -2.33. The molecule has 140 valence electrons. The molecule has 1 saturated heterocycles. The van der Waals surface area contributed by atoms with Crippen molar-refractivity contribution >= 4 is 15.9 Å². The van der Waals surface area contributed by atoms with E-state index < -0.39 is 15.3 Å². The number of amides is 1. The van der Waals surface area contributed by atoms with Crippen LogP contribution in [0.2, 0.25) is 0 Å². The van der Waals surface area contributed by atoms with Gasteiger partial charge in [0, 0.05) is 38.3 Å². The van der Waals surface area contributed by atoms with Gasteiger partial charge in [-0.25, -0.2) is 13.1 Å². The summed E-state index contributed by atoms with van der Waals surface area (Å²) in [5.74, 6) is 0.00826. The zero-order valence-corrected chi connectivity index (χ0v) is 15.7. The third kappa shape index (κ3) is 4.82. The van der Waals surface area contributed by atoms with E-state index in [1.807, 2.05) is 13.1 Å². The Morgan fingerprint density at radius 3 is 2.72 bits per heavy atom. The standard InChI is InChI=1S/C17H28N4O3S/c1-14-11-18-21(12-14)10-8-17(22)20-9-4-7-16(13-20)25(23,24)19-15-5-2-3-6-15/h11-12,15-16,19H,2-10,13H2,1H3. The quantitative estimate of drug-likeness (QED) is 0.823. The van der Waals surface area contributed by atoms with Crippen molar-refractivity contribution in [2.45, 2.75) is 69.7 Å². The van der Waals surface area contributed by atoms with E-state index in [2.05, 4.69) is 9.82 Å². The highest BCUT2D eigenvalue weighted by atomic mass is 32.2. The van der Waals surface area contributed by atoms with Crippen LogP contribution in [0.25, 0.3) is 0 Å². The highest BCUT2D eigenvalue weighted by molar-refractivity contribution is 7.90. The van der Waals surface area contributed by atoms with Crippen LogP contribution in [0.1, 0.15) is 50.5 Å². The summed E-state index contributed by atoms with van der Waals surface area (Å²) in [6, 6.07) is 0.0825. The summed E-state index contributed by atoms with van der Waals surface area (Å²) in [6.07, 6.45) is 9.43. The van der Waals surface area contributed by atoms with Crippen LogP contribution in [0.4, 0.5) is 0 Å². The number of likely N-dealkylation sites (tertiary alicyclic amines) is 1. The predicted octanol–water partition coefficient (Wildman–Crippen LogP) is 1.43. The first-order valence-electron chi connectivity index (χ1n) is 9.22. The lowest BCUT2D eigenvalue weighted by Crippen LogP contribution is -2.50. The summed E-state index contributed by atoms with van der Waals surface area (Å²) in [5, 5.41) is 3.70. The minimum atomic E-state index is -3.36. The van der Waals surface area contributed by atoms with Crippen molar-refractivity contribution < 1.29 is 13.2 Å². The first-order chi connectivity index (χ1) is 11.9. The number of aromatic nitrogens is 2. The van der Waals surface area contributed by atoms with Gasteiger partial charge in [-0.3, -0.25) is 9.48 Å². The van der Waals surface area contributed by atoms with E-state index >= 15 is 0 Å². The van der Waals surface area contributed by atoms with E-state index in [4.69, 9.17) is 0 Å². The van der Waals surface area contributed by atoms with Gasteiger partial charge in [0.1, 0.15) is 0 Å². The average molecular weight is 369 g/mol. The molecule has 1 saturated carbocycles. The van der Waals surface area contributed by atoms with Crippen molar-refractivity contribution in [2.24, 2.45) is 0 Å². The number of hydrogen-bond donors (Lipinski definition) is 1. The molecule has 8 heteroatoms. The predicted molar refractivity (Wildman–Crippen MR) is 95.5 cm³/mol. The monoisotopic (exact) mass is 368 g/mol. The van der Waals surface area contributed by atoms with Gasteiger partial charge in [0.05, 0.1) is 11.4 Å². The summed E-state index contributed by atoms with van der Waals surface area (Å²) in [5.41, 5.74) is 1.06. The third-order valence-corrected chi connectivity index (χ3v) is 7.10. The van der Waals surface area contributed by atoms with Gasteiger partial charge in [-0.1, -0.05) is 12.8 Å². The number of sulfonamides is 1. The van der Waals surface area contributed by atoms with Crippen molar-refractivity contribution in [1.82, 2.24) is 19.4 Å². The molecule has 1 aliphatic carbocycles. The highest BCUT2D eigenvalue weighted by Crippen LogP contribution is 2.22. The van der Waals surface area contributed by atoms with Gasteiger partial charge in [0.25, 0.3) is 0 Å². The summed E-state index contributed by atoms with van der Waals surface area (Å²) in [4.78, 5) is 14.2. The molecule has 1 N–H and O–H groups in total. The average Bonchev–Trinajstić information content (AvgIpc) is 3.24. The number of carbonyl (C=O) groups excluding carboxylic acids is 1. The number of nitrogens with zero attached hydrogens (tertiary/aromatic N) is 3. The van der Waals surface area contributed by atoms with Crippen LogP contribution < -0.4 is 4.72 Å². The van der Waals surface area contributed by atoms with Crippen molar-refractivity contribution in [3.8, 4) is 0 Å². The number of carbonyl (C=O) groups is 1. The fourth-order valence-electron chi connectivity index (χ4n) is 3.75. The molecule has 25 heavy (non-hydrogen) atoms. The molecule has 0 radical (unpaired) electrons. The molecule has 1 atom stereocenters. The van der Waals surface area contributed by atoms with Crippen LogP contribution in [0, 0.1) is 6.92 Å². The first-order valence-corrected chi connectivity index (χ1v) is 10.8. The number of aryl methyl sites for hydroxylation is 2. The zero-order valence-electron chi connectivity index (χ0n) is 14.9. The second kappa shape index (κ2) is 7.86. The SMILES string of the molecule is Cc1cnn(CCC(=O)N2CCCC(S(=O)(=O)NC3CCCC3)C2)c1. The number of nitrogens with one attached hydrogen (secondary N) is 1. The molecule has 2 fully saturated rings. The number of piperidine rings is 1. The molecule has 3 rings (SSSR count). The van der Waals surface area contributed by atoms with E-state index in [0.717, 1.165) is 37.7 Å². The summed E-state index contributed by atoms with van der Waals surface area (Å²) < 4.78 is 29.9. The van der Waals surface area contributed by atoms with Gasteiger partial charge in [-0.05, 0) is 38.2 Å². The maximum Gasteiger partial charge on any atom is 0.224 e. The van der Waals surface area contributed by atoms with Crippen LogP contribution in [-0.2, 0) is 21.4 Å². The van der Waals surface area contributed by atoms with Gasteiger partial charge in [0.2, 0.25) is 15.9 Å². The first kappa shape index (κ1) is 18.4. The zero-order chi connectivity index (χ0) is 17.9. The minimum absolute atomic E-state index is 0.00826. The van der Waals surface area contributed by atoms with Gasteiger partial charge >= 0.3 is 0 Å². The Morgan fingerprint density at radius 2 is 2.04 bits per heavy atom. The molecule has 0 bridgehead atoms. The molecular formula is C17H28N4O3S. The lowest BCUT2D eigenvalue weighted by atomic mass is 10.1. The normalized spacial score (nSPS) is 22.4. The summed E-state index contributed by atoms with van der Waals surface area (Å²) in [7, 11) is -3.36. The van der Waals surface area contributed by atoms with Gasteiger partial charge in [-0.2, -0.15) is 5.10 Å². The van der Waals surface area contributed by atoms with Crippen molar-refractivity contribution in [1.29, 1.82) is 0 Å². The van der Waals surface area contributed by atoms with E-state index in [-0.39, 0.29) is 11.9 Å². The summed E-state index contributed by atoms with van der Waals surface area (Å²) >= 11 is 0. The Balaban J connectivity index is 1.53. The topological polar surface area (TPSA) is 84.3 Å². The summed E-state index contributed by atoms with van der Waals surface area (Å²) in [6.45, 7) is 3.44. The Hall–Kier alpha value is -1.41. The van der Waals surface area contributed by atoms with Crippen LogP contribution in [-0.4, -0.2) is 53.4 Å². The molecule has 1 aliphatic heterocycles. The van der Waals surface area contributed by atoms with Crippen molar-refractivity contribution in [3.05, 3.63) is 18.0 Å². The van der Waals surface area contributed by atoms with Gasteiger partial charge < -0.3 is 4.90 Å². The maximum atomic E-state index is 12.6. The largest absolute Gasteiger partial charge is 0.341 e. The van der Waals surface area contributed by atoms with Crippen LogP contribution >= 0.6 is 0 Å². The molecule has 0 spiro atoms. The molecule has 1 amide bonds. The van der Waals surface area contributed by atoms with Crippen LogP contribution in [0.3, 0.4) is 0 Å². The highest BCUT2D eigenvalue weighted by Gasteiger charge is 2.34. The molecule has 2 aliphatic rings. The van der Waals surface area contributed by atoms with Crippen LogP contribution in [0.15, 0.2) is 12.4 Å². The second-order valence-electron chi connectivity index (χ2n) is 7.28. The van der Waals surface area contributed by atoms with Gasteiger partial charge in [-0.15, -0.1) is 0 Å². The Morgan fingerprint density at radius 1 is 1.28 bits per heavy atom. The third-order valence-electron chi connectivity index (χ3n) is 5.17. The lowest BCUT2D eigenvalue weighted by molar-refractivity contribution is -0.132. The second-order valence-corrected chi connectivity index (χ2v) is 9.27. The molecule has 1 aromatic rings. The van der Waals surface area contributed by atoms with Crippen LogP contribution in [0.5, 0.6) is 0 Å².